The second-order valence-electron chi connectivity index (χ2n) is 5.75. The molecule has 144 valence electrons. The van der Waals surface area contributed by atoms with Gasteiger partial charge in [-0.15, -0.1) is 6.58 Å². The molecule has 0 aliphatic rings. The number of allylic oxidation sites excluding steroid dienone is 1. The standard InChI is InChI=1S/C20H22ClNO5/c1-3-6-15-7-9-19(20(13-15)25-2)27-12-5-4-11-26-18-10-8-16(22(23)24)14-17(18)21/h3,7-10,13-14H,1,4-6,11-12H2,2H3. The Labute approximate surface area is 163 Å². The Hall–Kier alpha value is -2.73. The van der Waals surface area contributed by atoms with Gasteiger partial charge in [0, 0.05) is 12.1 Å². The van der Waals surface area contributed by atoms with Crippen LogP contribution in [-0.4, -0.2) is 25.2 Å². The molecule has 0 N–H and O–H groups in total. The number of hydrogen-bond donors (Lipinski definition) is 0. The minimum atomic E-state index is -0.495. The first-order valence-corrected chi connectivity index (χ1v) is 8.90. The Morgan fingerprint density at radius 3 is 2.33 bits per heavy atom. The molecule has 0 fully saturated rings. The predicted octanol–water partition coefficient (Wildman–Crippen LogP) is 5.22. The van der Waals surface area contributed by atoms with Gasteiger partial charge in [-0.1, -0.05) is 23.7 Å². The van der Waals surface area contributed by atoms with Gasteiger partial charge < -0.3 is 14.2 Å². The van der Waals surface area contributed by atoms with Crippen LogP contribution in [0.3, 0.4) is 0 Å². The number of benzene rings is 2. The first-order valence-electron chi connectivity index (χ1n) is 8.52. The van der Waals surface area contributed by atoms with Crippen molar-refractivity contribution in [3.8, 4) is 17.2 Å². The van der Waals surface area contributed by atoms with Gasteiger partial charge in [-0.3, -0.25) is 10.1 Å². The number of methoxy groups -OCH3 is 1. The molecule has 0 aliphatic carbocycles. The number of unbranched alkanes of at least 4 members (excludes halogenated alkanes) is 1. The lowest BCUT2D eigenvalue weighted by Gasteiger charge is -2.12. The normalized spacial score (nSPS) is 10.3. The molecule has 6 nitrogen and oxygen atoms in total. The van der Waals surface area contributed by atoms with Gasteiger partial charge in [0.05, 0.1) is 30.3 Å². The first kappa shape index (κ1) is 20.6. The second kappa shape index (κ2) is 10.4. The summed E-state index contributed by atoms with van der Waals surface area (Å²) in [5.74, 6) is 1.83. The van der Waals surface area contributed by atoms with E-state index in [0.29, 0.717) is 30.5 Å². The number of nitrogens with zero attached hydrogens (tertiary/aromatic N) is 1. The molecule has 0 spiro atoms. The maximum atomic E-state index is 10.7. The van der Waals surface area contributed by atoms with Crippen LogP contribution in [0.1, 0.15) is 18.4 Å². The Morgan fingerprint density at radius 2 is 1.74 bits per heavy atom. The van der Waals surface area contributed by atoms with Crippen molar-refractivity contribution in [3.05, 3.63) is 69.8 Å². The summed E-state index contributed by atoms with van der Waals surface area (Å²) in [6, 6.07) is 9.97. The number of nitro groups is 1. The van der Waals surface area contributed by atoms with Crippen LogP contribution < -0.4 is 14.2 Å². The quantitative estimate of drug-likeness (QED) is 0.227. The van der Waals surface area contributed by atoms with Gasteiger partial charge in [-0.25, -0.2) is 0 Å². The average Bonchev–Trinajstić information content (AvgIpc) is 2.66. The summed E-state index contributed by atoms with van der Waals surface area (Å²) in [5, 5.41) is 10.9. The molecule has 0 saturated carbocycles. The summed E-state index contributed by atoms with van der Waals surface area (Å²) in [4.78, 5) is 10.2. The minimum absolute atomic E-state index is 0.0613. The molecular weight excluding hydrogens is 370 g/mol. The van der Waals surface area contributed by atoms with E-state index >= 15 is 0 Å². The number of halogens is 1. The van der Waals surface area contributed by atoms with E-state index in [4.69, 9.17) is 25.8 Å². The lowest BCUT2D eigenvalue weighted by molar-refractivity contribution is -0.384. The SMILES string of the molecule is C=CCc1ccc(OCCCCOc2ccc([N+](=O)[O-])cc2Cl)c(OC)c1. The number of non-ortho nitro benzene ring substituents is 1. The molecule has 0 bridgehead atoms. The zero-order valence-electron chi connectivity index (χ0n) is 15.2. The molecule has 0 aliphatic heterocycles. The van der Waals surface area contributed by atoms with E-state index in [1.54, 1.807) is 7.11 Å². The summed E-state index contributed by atoms with van der Waals surface area (Å²) in [6.07, 6.45) is 4.15. The third kappa shape index (κ3) is 6.18. The van der Waals surface area contributed by atoms with E-state index < -0.39 is 4.92 Å². The van der Waals surface area contributed by atoms with Crippen LogP contribution >= 0.6 is 11.6 Å². The molecule has 0 saturated heterocycles. The van der Waals surface area contributed by atoms with Crippen molar-refractivity contribution in [1.29, 1.82) is 0 Å². The number of rotatable bonds is 11. The van der Waals surface area contributed by atoms with Gasteiger partial charge in [-0.2, -0.15) is 0 Å². The van der Waals surface area contributed by atoms with E-state index in [9.17, 15) is 10.1 Å². The van der Waals surface area contributed by atoms with Crippen LogP contribution in [0.4, 0.5) is 5.69 Å². The Balaban J connectivity index is 1.75. The molecular formula is C20H22ClNO5. The zero-order chi connectivity index (χ0) is 19.6. The summed E-state index contributed by atoms with van der Waals surface area (Å²) < 4.78 is 16.7. The monoisotopic (exact) mass is 391 g/mol. The van der Waals surface area contributed by atoms with Crippen molar-refractivity contribution in [3.63, 3.8) is 0 Å². The van der Waals surface area contributed by atoms with Gasteiger partial charge >= 0.3 is 0 Å². The Bertz CT molecular complexity index is 794. The maximum Gasteiger partial charge on any atom is 0.271 e. The lowest BCUT2D eigenvalue weighted by atomic mass is 10.1. The average molecular weight is 392 g/mol. The fraction of sp³-hybridized carbons (Fsp3) is 0.300. The lowest BCUT2D eigenvalue weighted by Crippen LogP contribution is -2.04. The molecule has 0 unspecified atom stereocenters. The highest BCUT2D eigenvalue weighted by molar-refractivity contribution is 6.32. The van der Waals surface area contributed by atoms with E-state index in [1.807, 2.05) is 24.3 Å². The molecule has 0 amide bonds. The Morgan fingerprint density at radius 1 is 1.07 bits per heavy atom. The highest BCUT2D eigenvalue weighted by Gasteiger charge is 2.10. The molecule has 0 atom stereocenters. The summed E-state index contributed by atoms with van der Waals surface area (Å²) >= 11 is 5.99. The smallest absolute Gasteiger partial charge is 0.271 e. The molecule has 2 aromatic rings. The number of hydrogen-bond acceptors (Lipinski definition) is 5. The van der Waals surface area contributed by atoms with Crippen LogP contribution in [0, 0.1) is 10.1 Å². The van der Waals surface area contributed by atoms with E-state index in [1.165, 1.54) is 18.2 Å². The number of nitro benzene ring substituents is 1. The first-order chi connectivity index (χ1) is 13.0. The third-order valence-electron chi connectivity index (χ3n) is 3.79. The molecule has 7 heteroatoms. The van der Waals surface area contributed by atoms with Gasteiger partial charge in [0.15, 0.2) is 11.5 Å². The highest BCUT2D eigenvalue weighted by atomic mass is 35.5. The van der Waals surface area contributed by atoms with Crippen molar-refractivity contribution in [2.75, 3.05) is 20.3 Å². The number of ether oxygens (including phenoxy) is 3. The maximum absolute atomic E-state index is 10.7. The highest BCUT2D eigenvalue weighted by Crippen LogP contribution is 2.29. The van der Waals surface area contributed by atoms with Crippen molar-refractivity contribution in [2.24, 2.45) is 0 Å². The second-order valence-corrected chi connectivity index (χ2v) is 6.16. The molecule has 0 heterocycles. The van der Waals surface area contributed by atoms with Crippen LogP contribution in [0.5, 0.6) is 17.2 Å². The van der Waals surface area contributed by atoms with Crippen LogP contribution in [0.2, 0.25) is 5.02 Å². The van der Waals surface area contributed by atoms with Crippen molar-refractivity contribution in [2.45, 2.75) is 19.3 Å². The van der Waals surface area contributed by atoms with Crippen LogP contribution in [0.15, 0.2) is 49.1 Å². The molecule has 0 aromatic heterocycles. The van der Waals surface area contributed by atoms with Gasteiger partial charge in [0.25, 0.3) is 5.69 Å². The van der Waals surface area contributed by atoms with E-state index in [2.05, 4.69) is 6.58 Å². The van der Waals surface area contributed by atoms with Crippen LogP contribution in [0.25, 0.3) is 0 Å². The predicted molar refractivity (Wildman–Crippen MR) is 105 cm³/mol. The summed E-state index contributed by atoms with van der Waals surface area (Å²) in [6.45, 7) is 4.69. The molecule has 2 aromatic carbocycles. The van der Waals surface area contributed by atoms with Crippen molar-refractivity contribution in [1.82, 2.24) is 0 Å². The molecule has 27 heavy (non-hydrogen) atoms. The largest absolute Gasteiger partial charge is 0.493 e. The third-order valence-corrected chi connectivity index (χ3v) is 4.08. The van der Waals surface area contributed by atoms with Gasteiger partial charge in [0.1, 0.15) is 5.75 Å². The topological polar surface area (TPSA) is 70.8 Å². The minimum Gasteiger partial charge on any atom is -0.493 e. The van der Waals surface area contributed by atoms with E-state index in [0.717, 1.165) is 24.8 Å². The van der Waals surface area contributed by atoms with Gasteiger partial charge in [-0.05, 0) is 43.0 Å². The molecule has 0 radical (unpaired) electrons. The van der Waals surface area contributed by atoms with Crippen LogP contribution in [-0.2, 0) is 6.42 Å². The fourth-order valence-electron chi connectivity index (χ4n) is 2.41. The summed E-state index contributed by atoms with van der Waals surface area (Å²) in [5.41, 5.74) is 1.05. The zero-order valence-corrected chi connectivity index (χ0v) is 15.9. The Kier molecular flexibility index (Phi) is 7.95. The fourth-order valence-corrected chi connectivity index (χ4v) is 2.64. The summed E-state index contributed by atoms with van der Waals surface area (Å²) in [7, 11) is 1.61. The molecule has 2 rings (SSSR count). The van der Waals surface area contributed by atoms with Crippen molar-refractivity contribution < 1.29 is 19.1 Å². The van der Waals surface area contributed by atoms with E-state index in [-0.39, 0.29) is 10.7 Å². The van der Waals surface area contributed by atoms with Crippen molar-refractivity contribution >= 4 is 17.3 Å². The van der Waals surface area contributed by atoms with Gasteiger partial charge in [0.2, 0.25) is 0 Å².